The third-order valence-electron chi connectivity index (χ3n) is 3.43. The van der Waals surface area contributed by atoms with Crippen molar-refractivity contribution < 1.29 is 22.4 Å². The lowest BCUT2D eigenvalue weighted by Crippen LogP contribution is -2.42. The Bertz CT molecular complexity index is 911. The fourth-order valence-electron chi connectivity index (χ4n) is 2.19. The van der Waals surface area contributed by atoms with Gasteiger partial charge in [0.05, 0.1) is 11.3 Å². The predicted octanol–water partition coefficient (Wildman–Crippen LogP) is 0.785. The number of hydrogen-bond acceptors (Lipinski definition) is 4. The SMILES string of the molecule is Cc1c(C(=O)NNC(=O)Cc2ccc(F)cc2)cccc1S(N)(=O)=O. The Morgan fingerprint density at radius 2 is 1.72 bits per heavy atom. The van der Waals surface area contributed by atoms with Crippen LogP contribution in [0.5, 0.6) is 0 Å². The number of sulfonamides is 1. The number of primary sulfonamides is 1. The third kappa shape index (κ3) is 4.85. The maximum Gasteiger partial charge on any atom is 0.269 e. The Hall–Kier alpha value is -2.78. The van der Waals surface area contributed by atoms with E-state index in [1.807, 2.05) is 0 Å². The maximum absolute atomic E-state index is 12.8. The lowest BCUT2D eigenvalue weighted by Gasteiger charge is -2.11. The number of carbonyl (C=O) groups is 2. The molecule has 0 aliphatic rings. The van der Waals surface area contributed by atoms with E-state index in [-0.39, 0.29) is 22.4 Å². The zero-order valence-corrected chi connectivity index (χ0v) is 14.1. The van der Waals surface area contributed by atoms with Gasteiger partial charge < -0.3 is 0 Å². The number of halogens is 1. The van der Waals surface area contributed by atoms with Crippen LogP contribution in [-0.2, 0) is 21.2 Å². The summed E-state index contributed by atoms with van der Waals surface area (Å²) in [5, 5.41) is 5.09. The summed E-state index contributed by atoms with van der Waals surface area (Å²) in [5.74, 6) is -1.61. The van der Waals surface area contributed by atoms with Crippen molar-refractivity contribution in [3.63, 3.8) is 0 Å². The van der Waals surface area contributed by atoms with E-state index >= 15 is 0 Å². The van der Waals surface area contributed by atoms with Gasteiger partial charge in [-0.05, 0) is 42.3 Å². The molecule has 0 aromatic heterocycles. The quantitative estimate of drug-likeness (QED) is 0.694. The molecule has 0 heterocycles. The fraction of sp³-hybridized carbons (Fsp3) is 0.125. The molecule has 7 nitrogen and oxygen atoms in total. The van der Waals surface area contributed by atoms with E-state index in [9.17, 15) is 22.4 Å². The van der Waals surface area contributed by atoms with Gasteiger partial charge in [0.1, 0.15) is 5.82 Å². The van der Waals surface area contributed by atoms with Crippen LogP contribution in [0.2, 0.25) is 0 Å². The lowest BCUT2D eigenvalue weighted by molar-refractivity contribution is -0.121. The van der Waals surface area contributed by atoms with Gasteiger partial charge in [-0.1, -0.05) is 18.2 Å². The number of nitrogens with one attached hydrogen (secondary N) is 2. The molecular formula is C16H16FN3O4S. The Morgan fingerprint density at radius 3 is 2.32 bits per heavy atom. The van der Waals surface area contributed by atoms with Crippen LogP contribution in [0.4, 0.5) is 4.39 Å². The highest BCUT2D eigenvalue weighted by atomic mass is 32.2. The molecule has 0 saturated carbocycles. The van der Waals surface area contributed by atoms with Crippen molar-refractivity contribution in [3.8, 4) is 0 Å². The van der Waals surface area contributed by atoms with E-state index in [0.29, 0.717) is 5.56 Å². The average Bonchev–Trinajstić information content (AvgIpc) is 2.54. The Morgan fingerprint density at radius 1 is 1.08 bits per heavy atom. The number of benzene rings is 2. The van der Waals surface area contributed by atoms with Crippen LogP contribution in [0.1, 0.15) is 21.5 Å². The average molecular weight is 365 g/mol. The molecule has 25 heavy (non-hydrogen) atoms. The van der Waals surface area contributed by atoms with Crippen molar-refractivity contribution in [1.29, 1.82) is 0 Å². The van der Waals surface area contributed by atoms with Gasteiger partial charge in [0.15, 0.2) is 0 Å². The van der Waals surface area contributed by atoms with Crippen LogP contribution in [0, 0.1) is 12.7 Å². The summed E-state index contributed by atoms with van der Waals surface area (Å²) in [6, 6.07) is 9.43. The molecule has 0 fully saturated rings. The maximum atomic E-state index is 12.8. The number of nitrogens with two attached hydrogens (primary N) is 1. The first-order valence-electron chi connectivity index (χ1n) is 7.14. The van der Waals surface area contributed by atoms with Crippen molar-refractivity contribution in [2.75, 3.05) is 0 Å². The van der Waals surface area contributed by atoms with Crippen LogP contribution in [0.15, 0.2) is 47.4 Å². The van der Waals surface area contributed by atoms with Crippen molar-refractivity contribution in [2.45, 2.75) is 18.2 Å². The van der Waals surface area contributed by atoms with Crippen molar-refractivity contribution in [2.24, 2.45) is 5.14 Å². The molecule has 0 aliphatic carbocycles. The summed E-state index contributed by atoms with van der Waals surface area (Å²) >= 11 is 0. The van der Waals surface area contributed by atoms with E-state index in [1.165, 1.54) is 49.4 Å². The number of hydrazine groups is 1. The van der Waals surface area contributed by atoms with E-state index < -0.39 is 27.7 Å². The number of carbonyl (C=O) groups excluding carboxylic acids is 2. The minimum atomic E-state index is -3.96. The zero-order valence-electron chi connectivity index (χ0n) is 13.2. The summed E-state index contributed by atoms with van der Waals surface area (Å²) in [7, 11) is -3.96. The second kappa shape index (κ2) is 7.41. The third-order valence-corrected chi connectivity index (χ3v) is 4.48. The van der Waals surface area contributed by atoms with Gasteiger partial charge in [-0.3, -0.25) is 20.4 Å². The molecule has 0 unspecified atom stereocenters. The largest absolute Gasteiger partial charge is 0.273 e. The molecule has 2 rings (SSSR count). The molecular weight excluding hydrogens is 349 g/mol. The molecule has 2 aromatic carbocycles. The molecule has 0 radical (unpaired) electrons. The predicted molar refractivity (Wildman–Crippen MR) is 88.3 cm³/mol. The molecule has 0 bridgehead atoms. The topological polar surface area (TPSA) is 118 Å². The van der Waals surface area contributed by atoms with Gasteiger partial charge in [-0.15, -0.1) is 0 Å². The van der Waals surface area contributed by atoms with Crippen LogP contribution < -0.4 is 16.0 Å². The lowest BCUT2D eigenvalue weighted by atomic mass is 10.1. The van der Waals surface area contributed by atoms with E-state index in [4.69, 9.17) is 5.14 Å². The van der Waals surface area contributed by atoms with Crippen molar-refractivity contribution in [1.82, 2.24) is 10.9 Å². The minimum Gasteiger partial charge on any atom is -0.273 e. The number of rotatable bonds is 4. The molecule has 2 aromatic rings. The van der Waals surface area contributed by atoms with Gasteiger partial charge in [-0.25, -0.2) is 17.9 Å². The highest BCUT2D eigenvalue weighted by molar-refractivity contribution is 7.89. The second-order valence-corrected chi connectivity index (χ2v) is 6.81. The van der Waals surface area contributed by atoms with E-state index in [2.05, 4.69) is 10.9 Å². The van der Waals surface area contributed by atoms with Crippen LogP contribution in [0.3, 0.4) is 0 Å². The van der Waals surface area contributed by atoms with Gasteiger partial charge in [0.25, 0.3) is 5.91 Å². The molecule has 0 spiro atoms. The number of amides is 2. The van der Waals surface area contributed by atoms with Crippen LogP contribution in [0.25, 0.3) is 0 Å². The molecule has 9 heteroatoms. The highest BCUT2D eigenvalue weighted by Crippen LogP contribution is 2.17. The van der Waals surface area contributed by atoms with E-state index in [1.54, 1.807) is 0 Å². The van der Waals surface area contributed by atoms with Gasteiger partial charge in [0.2, 0.25) is 15.9 Å². The molecule has 0 atom stereocenters. The van der Waals surface area contributed by atoms with E-state index in [0.717, 1.165) is 0 Å². The van der Waals surface area contributed by atoms with Crippen LogP contribution in [-0.4, -0.2) is 20.2 Å². The fourth-order valence-corrected chi connectivity index (χ4v) is 3.00. The Balaban J connectivity index is 2.03. The monoisotopic (exact) mass is 365 g/mol. The second-order valence-electron chi connectivity index (χ2n) is 5.28. The first-order valence-corrected chi connectivity index (χ1v) is 8.69. The van der Waals surface area contributed by atoms with Gasteiger partial charge in [0, 0.05) is 5.56 Å². The molecule has 4 N–H and O–H groups in total. The minimum absolute atomic E-state index is 0.0588. The number of hydrogen-bond donors (Lipinski definition) is 3. The Kier molecular flexibility index (Phi) is 5.50. The highest BCUT2D eigenvalue weighted by Gasteiger charge is 2.18. The van der Waals surface area contributed by atoms with Crippen molar-refractivity contribution >= 4 is 21.8 Å². The first-order chi connectivity index (χ1) is 11.7. The molecule has 2 amide bonds. The summed E-state index contributed by atoms with van der Waals surface area (Å²) in [6.07, 6.45) is -0.0588. The summed E-state index contributed by atoms with van der Waals surface area (Å²) in [6.45, 7) is 1.44. The summed E-state index contributed by atoms with van der Waals surface area (Å²) < 4.78 is 35.8. The standard InChI is InChI=1S/C16H16FN3O4S/c1-10-13(3-2-4-14(10)25(18,23)24)16(22)20-19-15(21)9-11-5-7-12(17)8-6-11/h2-8H,9H2,1H3,(H,19,21)(H,20,22)(H2,18,23,24). The van der Waals surface area contributed by atoms with Gasteiger partial charge in [-0.2, -0.15) is 0 Å². The summed E-state index contributed by atoms with van der Waals surface area (Å²) in [4.78, 5) is 23.8. The Labute approximate surface area is 144 Å². The first kappa shape index (κ1) is 18.6. The molecule has 132 valence electrons. The van der Waals surface area contributed by atoms with Crippen LogP contribution >= 0.6 is 0 Å². The summed E-state index contributed by atoms with van der Waals surface area (Å²) in [5.41, 5.74) is 5.23. The van der Waals surface area contributed by atoms with Crippen molar-refractivity contribution in [3.05, 3.63) is 65.0 Å². The molecule has 0 aliphatic heterocycles. The zero-order chi connectivity index (χ0) is 18.6. The smallest absolute Gasteiger partial charge is 0.269 e. The molecule has 0 saturated heterocycles. The normalized spacial score (nSPS) is 11.0. The van der Waals surface area contributed by atoms with Gasteiger partial charge >= 0.3 is 0 Å².